The smallest absolute Gasteiger partial charge is 0.243 e. The van der Waals surface area contributed by atoms with E-state index in [1.54, 1.807) is 12.1 Å². The first-order valence-electron chi connectivity index (χ1n) is 9.99. The first-order valence-corrected chi connectivity index (χ1v) is 11.8. The molecule has 0 bridgehead atoms. The number of methoxy groups -OCH3 is 2. The summed E-state index contributed by atoms with van der Waals surface area (Å²) in [5.74, 6) is 1.14. The van der Waals surface area contributed by atoms with Crippen LogP contribution < -0.4 is 24.3 Å². The summed E-state index contributed by atoms with van der Waals surface area (Å²) in [4.78, 5) is 13.1. The van der Waals surface area contributed by atoms with Crippen molar-refractivity contribution >= 4 is 33.2 Å². The quantitative estimate of drug-likeness (QED) is 0.675. The number of carbonyl (C=O) groups excluding carboxylic acids is 1. The van der Waals surface area contributed by atoms with Crippen LogP contribution >= 0.6 is 11.6 Å². The van der Waals surface area contributed by atoms with Gasteiger partial charge < -0.3 is 24.3 Å². The molecular weight excluding hydrogens is 460 g/mol. The van der Waals surface area contributed by atoms with Gasteiger partial charge in [-0.2, -0.15) is 4.31 Å². The van der Waals surface area contributed by atoms with E-state index in [-0.39, 0.29) is 16.5 Å². The highest BCUT2D eigenvalue weighted by molar-refractivity contribution is 7.89. The summed E-state index contributed by atoms with van der Waals surface area (Å²) in [5, 5.41) is 3.03. The van der Waals surface area contributed by atoms with Crippen LogP contribution in [0, 0.1) is 0 Å². The molecule has 9 nitrogen and oxygen atoms in total. The van der Waals surface area contributed by atoms with Crippen molar-refractivity contribution in [3.05, 3.63) is 35.4 Å². The van der Waals surface area contributed by atoms with Gasteiger partial charge in [-0.15, -0.1) is 0 Å². The van der Waals surface area contributed by atoms with Crippen molar-refractivity contribution in [3.63, 3.8) is 0 Å². The predicted octanol–water partition coefficient (Wildman–Crippen LogP) is 2.92. The van der Waals surface area contributed by atoms with Crippen molar-refractivity contribution in [1.29, 1.82) is 0 Å². The third-order valence-electron chi connectivity index (χ3n) is 5.36. The first-order chi connectivity index (χ1) is 15.3. The van der Waals surface area contributed by atoms with Crippen LogP contribution in [0.15, 0.2) is 35.2 Å². The minimum absolute atomic E-state index is 0.0477. The normalized spacial score (nSPS) is 18.3. The lowest BCUT2D eigenvalue weighted by atomic mass is 10.2. The van der Waals surface area contributed by atoms with E-state index in [2.05, 4.69) is 5.32 Å². The van der Waals surface area contributed by atoms with E-state index in [9.17, 15) is 13.2 Å². The van der Waals surface area contributed by atoms with Gasteiger partial charge in [-0.3, -0.25) is 4.79 Å². The molecule has 0 spiro atoms. The van der Waals surface area contributed by atoms with Gasteiger partial charge in [0.2, 0.25) is 15.9 Å². The van der Waals surface area contributed by atoms with Crippen molar-refractivity contribution in [2.75, 3.05) is 39.3 Å². The third kappa shape index (κ3) is 4.17. The lowest BCUT2D eigenvalue weighted by Crippen LogP contribution is -2.43. The minimum Gasteiger partial charge on any atom is -0.495 e. The number of nitrogens with one attached hydrogen (secondary N) is 1. The molecule has 1 fully saturated rings. The van der Waals surface area contributed by atoms with Crippen molar-refractivity contribution in [3.8, 4) is 23.0 Å². The highest BCUT2D eigenvalue weighted by atomic mass is 35.5. The van der Waals surface area contributed by atoms with Crippen LogP contribution in [-0.2, 0) is 14.8 Å². The fourth-order valence-corrected chi connectivity index (χ4v) is 5.70. The number of benzene rings is 2. The summed E-state index contributed by atoms with van der Waals surface area (Å²) in [7, 11) is -1.01. The Labute approximate surface area is 191 Å². The highest BCUT2D eigenvalue weighted by Gasteiger charge is 2.40. The fraction of sp³-hybridized carbons (Fsp3) is 0.381. The zero-order valence-electron chi connectivity index (χ0n) is 17.6. The minimum atomic E-state index is -3.93. The summed E-state index contributed by atoms with van der Waals surface area (Å²) < 4.78 is 49.3. The lowest BCUT2D eigenvalue weighted by molar-refractivity contribution is -0.119. The zero-order valence-corrected chi connectivity index (χ0v) is 19.2. The van der Waals surface area contributed by atoms with E-state index in [0.29, 0.717) is 54.7 Å². The highest BCUT2D eigenvalue weighted by Crippen LogP contribution is 2.37. The van der Waals surface area contributed by atoms with E-state index in [4.69, 9.17) is 30.5 Å². The van der Waals surface area contributed by atoms with E-state index >= 15 is 0 Å². The van der Waals surface area contributed by atoms with Gasteiger partial charge in [-0.1, -0.05) is 11.6 Å². The largest absolute Gasteiger partial charge is 0.495 e. The number of fused-ring (bicyclic) bond motifs is 1. The number of sulfonamides is 1. The molecule has 1 atom stereocenters. The molecule has 0 aliphatic carbocycles. The molecule has 0 saturated carbocycles. The Hall–Kier alpha value is -2.69. The molecular formula is C21H23ClN2O7S. The van der Waals surface area contributed by atoms with Crippen molar-refractivity contribution in [2.45, 2.75) is 23.8 Å². The van der Waals surface area contributed by atoms with Gasteiger partial charge in [0, 0.05) is 18.7 Å². The Balaban J connectivity index is 1.58. The van der Waals surface area contributed by atoms with Gasteiger partial charge in [0.05, 0.1) is 29.8 Å². The van der Waals surface area contributed by atoms with E-state index in [1.807, 2.05) is 0 Å². The Morgan fingerprint density at radius 2 is 1.81 bits per heavy atom. The standard InChI is InChI=1S/C21H23ClN2O7S/c1-28-18-12-19(29-2)15(11-14(18)22)23-21(25)16-4-3-7-24(16)32(26,27)13-5-6-17-20(10-13)31-9-8-30-17/h5-6,10-12,16H,3-4,7-9H2,1-2H3,(H,23,25)/t16-/m1/s1. The van der Waals surface area contributed by atoms with Crippen LogP contribution in [0.1, 0.15) is 12.8 Å². The number of hydrogen-bond donors (Lipinski definition) is 1. The van der Waals surface area contributed by atoms with Gasteiger partial charge >= 0.3 is 0 Å². The van der Waals surface area contributed by atoms with Crippen molar-refractivity contribution in [2.24, 2.45) is 0 Å². The number of nitrogens with zero attached hydrogens (tertiary/aromatic N) is 1. The lowest BCUT2D eigenvalue weighted by Gasteiger charge is -2.25. The Morgan fingerprint density at radius 1 is 1.09 bits per heavy atom. The number of rotatable bonds is 6. The maximum atomic E-state index is 13.3. The van der Waals surface area contributed by atoms with E-state index < -0.39 is 22.0 Å². The van der Waals surface area contributed by atoms with Crippen molar-refractivity contribution in [1.82, 2.24) is 4.31 Å². The number of anilines is 1. The number of halogens is 1. The molecule has 2 aliphatic heterocycles. The number of amides is 1. The molecule has 2 aromatic carbocycles. The summed E-state index contributed by atoms with van der Waals surface area (Å²) in [6.45, 7) is 0.985. The van der Waals surface area contributed by atoms with Crippen LogP contribution in [0.4, 0.5) is 5.69 Å². The summed E-state index contributed by atoms with van der Waals surface area (Å²) in [6, 6.07) is 6.64. The first kappa shape index (κ1) is 22.5. The molecule has 32 heavy (non-hydrogen) atoms. The Kier molecular flexibility index (Phi) is 6.36. The monoisotopic (exact) mass is 482 g/mol. The van der Waals surface area contributed by atoms with Crippen LogP contribution in [0.25, 0.3) is 0 Å². The average Bonchev–Trinajstić information content (AvgIpc) is 3.30. The summed E-state index contributed by atoms with van der Waals surface area (Å²) >= 11 is 6.18. The molecule has 11 heteroatoms. The summed E-state index contributed by atoms with van der Waals surface area (Å²) in [5.41, 5.74) is 0.326. The topological polar surface area (TPSA) is 103 Å². The van der Waals surface area contributed by atoms with Crippen LogP contribution in [0.3, 0.4) is 0 Å². The van der Waals surface area contributed by atoms with E-state index in [1.165, 1.54) is 36.7 Å². The maximum Gasteiger partial charge on any atom is 0.243 e. The second kappa shape index (κ2) is 9.05. The third-order valence-corrected chi connectivity index (χ3v) is 7.56. The van der Waals surface area contributed by atoms with Gasteiger partial charge in [0.1, 0.15) is 30.8 Å². The second-order valence-corrected chi connectivity index (χ2v) is 9.55. The maximum absolute atomic E-state index is 13.3. The van der Waals surface area contributed by atoms with Gasteiger partial charge in [-0.25, -0.2) is 8.42 Å². The molecule has 0 unspecified atom stereocenters. The molecule has 2 heterocycles. The SMILES string of the molecule is COc1cc(OC)c(NC(=O)[C@H]2CCCN2S(=O)(=O)c2ccc3c(c2)OCCO3)cc1Cl. The molecule has 1 amide bonds. The average molecular weight is 483 g/mol. The van der Waals surface area contributed by atoms with Crippen LogP contribution in [0.2, 0.25) is 5.02 Å². The Bertz CT molecular complexity index is 1140. The van der Waals surface area contributed by atoms with Gasteiger partial charge in [0.15, 0.2) is 11.5 Å². The van der Waals surface area contributed by atoms with Crippen LogP contribution in [0.5, 0.6) is 23.0 Å². The summed E-state index contributed by atoms with van der Waals surface area (Å²) in [6.07, 6.45) is 0.949. The molecule has 2 aromatic rings. The molecule has 172 valence electrons. The number of hydrogen-bond acceptors (Lipinski definition) is 7. The molecule has 2 aliphatic rings. The number of carbonyl (C=O) groups is 1. The van der Waals surface area contributed by atoms with E-state index in [0.717, 1.165) is 0 Å². The van der Waals surface area contributed by atoms with Crippen LogP contribution in [-0.4, -0.2) is 58.7 Å². The molecule has 0 radical (unpaired) electrons. The predicted molar refractivity (Wildman–Crippen MR) is 118 cm³/mol. The van der Waals surface area contributed by atoms with Gasteiger partial charge in [0.25, 0.3) is 0 Å². The molecule has 1 N–H and O–H groups in total. The Morgan fingerprint density at radius 3 is 2.53 bits per heavy atom. The second-order valence-electron chi connectivity index (χ2n) is 7.26. The number of ether oxygens (including phenoxy) is 4. The van der Waals surface area contributed by atoms with Crippen molar-refractivity contribution < 1.29 is 32.2 Å². The molecule has 4 rings (SSSR count). The molecule has 0 aromatic heterocycles. The fourth-order valence-electron chi connectivity index (χ4n) is 3.78. The van der Waals surface area contributed by atoms with Gasteiger partial charge in [-0.05, 0) is 31.0 Å². The zero-order chi connectivity index (χ0) is 22.9. The molecule has 1 saturated heterocycles.